The molecule has 1 unspecified atom stereocenters. The van der Waals surface area contributed by atoms with Crippen molar-refractivity contribution >= 4 is 23.3 Å². The molecule has 0 amide bonds. The zero-order chi connectivity index (χ0) is 28.0. The average Bonchev–Trinajstić information content (AvgIpc) is 3.34. The third kappa shape index (κ3) is 14.6. The molecular formula is C29H41NO6S. The Morgan fingerprint density at radius 1 is 1.22 bits per heavy atom. The number of carboxylic acids is 2. The maximum Gasteiger partial charge on any atom is 0.414 e. The van der Waals surface area contributed by atoms with Gasteiger partial charge < -0.3 is 25.0 Å². The van der Waals surface area contributed by atoms with Gasteiger partial charge in [-0.2, -0.15) is 11.3 Å². The second-order valence-electron chi connectivity index (χ2n) is 10.4. The van der Waals surface area contributed by atoms with Gasteiger partial charge in [0.1, 0.15) is 0 Å². The smallest absolute Gasteiger partial charge is 0.414 e. The molecule has 0 aromatic carbocycles. The Bertz CT molecular complexity index is 993. The molecule has 8 heteroatoms. The molecule has 1 atom stereocenters. The molecule has 0 spiro atoms. The molecular weight excluding hydrogens is 490 g/mol. The molecule has 1 aromatic rings. The summed E-state index contributed by atoms with van der Waals surface area (Å²) in [5.41, 5.74) is 1.83. The van der Waals surface area contributed by atoms with E-state index in [9.17, 15) is 0 Å². The summed E-state index contributed by atoms with van der Waals surface area (Å²) in [5.74, 6) is 2.79. The normalized spacial score (nSPS) is 17.4. The molecule has 1 aliphatic carbocycles. The second-order valence-corrected chi connectivity index (χ2v) is 11.2. The number of allylic oxidation sites excluding steroid dienone is 3. The fourth-order valence-electron chi connectivity index (χ4n) is 3.16. The summed E-state index contributed by atoms with van der Waals surface area (Å²) < 4.78 is 12.8. The highest BCUT2D eigenvalue weighted by molar-refractivity contribution is 7.07. The molecule has 0 saturated heterocycles. The number of thiophene rings is 1. The number of likely N-dealkylation sites (N-methyl/N-ethyl adjacent to an activating group) is 1. The first-order valence-corrected chi connectivity index (χ1v) is 13.2. The Hall–Kier alpha value is -2.70. The fourth-order valence-corrected chi connectivity index (χ4v) is 3.81. The van der Waals surface area contributed by atoms with Gasteiger partial charge in [-0.1, -0.05) is 48.6 Å². The third-order valence-corrected chi connectivity index (χ3v) is 5.80. The maximum atomic E-state index is 9.10. The van der Waals surface area contributed by atoms with E-state index in [-0.39, 0.29) is 16.6 Å². The summed E-state index contributed by atoms with van der Waals surface area (Å²) in [5, 5.41) is 22.4. The average molecular weight is 532 g/mol. The van der Waals surface area contributed by atoms with Gasteiger partial charge in [0.25, 0.3) is 0 Å². The van der Waals surface area contributed by atoms with Crippen LogP contribution in [0.25, 0.3) is 0 Å². The lowest BCUT2D eigenvalue weighted by molar-refractivity contribution is -0.159. The number of ether oxygens (including phenoxy) is 2. The number of rotatable bonds is 11. The van der Waals surface area contributed by atoms with Crippen molar-refractivity contribution in [3.63, 3.8) is 0 Å². The Morgan fingerprint density at radius 3 is 2.49 bits per heavy atom. The van der Waals surface area contributed by atoms with Crippen LogP contribution >= 0.6 is 11.3 Å². The minimum Gasteiger partial charge on any atom is -0.473 e. The van der Waals surface area contributed by atoms with Gasteiger partial charge in [0, 0.05) is 18.4 Å². The Morgan fingerprint density at radius 2 is 1.92 bits per heavy atom. The molecule has 0 saturated carbocycles. The van der Waals surface area contributed by atoms with Crippen LogP contribution in [0.15, 0.2) is 52.8 Å². The SMILES string of the molecule is CCNCC1=CC=CC(CC=CC#CC(C)(C)C)(OCC(C)(C)OCc2ccsc2)C1.O=C(O)C(=O)O. The van der Waals surface area contributed by atoms with Crippen LogP contribution in [-0.4, -0.2) is 53.1 Å². The predicted molar refractivity (Wildman–Crippen MR) is 149 cm³/mol. The quantitative estimate of drug-likeness (QED) is 0.258. The number of nitrogens with one attached hydrogen (secondary N) is 1. The van der Waals surface area contributed by atoms with E-state index < -0.39 is 11.9 Å². The molecule has 2 rings (SSSR count). The number of carboxylic acid groups (broad SMARTS) is 2. The predicted octanol–water partition coefficient (Wildman–Crippen LogP) is 5.45. The van der Waals surface area contributed by atoms with E-state index in [0.717, 1.165) is 25.9 Å². The molecule has 0 bridgehead atoms. The Balaban J connectivity index is 0.00000102. The van der Waals surface area contributed by atoms with Crippen molar-refractivity contribution in [2.45, 2.75) is 72.2 Å². The lowest BCUT2D eigenvalue weighted by Crippen LogP contribution is -2.40. The first-order chi connectivity index (χ1) is 17.3. The summed E-state index contributed by atoms with van der Waals surface area (Å²) in [6, 6.07) is 2.11. The third-order valence-electron chi connectivity index (χ3n) is 5.07. The molecule has 7 nitrogen and oxygen atoms in total. The van der Waals surface area contributed by atoms with Crippen LogP contribution in [0.1, 0.15) is 59.9 Å². The second kappa shape index (κ2) is 15.5. The summed E-state index contributed by atoms with van der Waals surface area (Å²) >= 11 is 1.70. The van der Waals surface area contributed by atoms with Crippen LogP contribution in [0.2, 0.25) is 0 Å². The minimum atomic E-state index is -1.82. The highest BCUT2D eigenvalue weighted by atomic mass is 32.1. The zero-order valence-corrected chi connectivity index (χ0v) is 23.6. The minimum absolute atomic E-state index is 0.00874. The van der Waals surface area contributed by atoms with Gasteiger partial charge in [-0.05, 0) is 76.1 Å². The number of aliphatic carboxylic acids is 2. The summed E-state index contributed by atoms with van der Waals surface area (Å²) in [4.78, 5) is 18.2. The molecule has 0 fully saturated rings. The van der Waals surface area contributed by atoms with Crippen molar-refractivity contribution in [2.24, 2.45) is 5.41 Å². The van der Waals surface area contributed by atoms with Crippen molar-refractivity contribution in [2.75, 3.05) is 19.7 Å². The monoisotopic (exact) mass is 531 g/mol. The van der Waals surface area contributed by atoms with Crippen LogP contribution in [0, 0.1) is 17.3 Å². The van der Waals surface area contributed by atoms with Gasteiger partial charge in [0.05, 0.1) is 24.4 Å². The van der Waals surface area contributed by atoms with E-state index in [4.69, 9.17) is 29.3 Å². The molecule has 3 N–H and O–H groups in total. The number of hydrogen-bond acceptors (Lipinski definition) is 6. The highest BCUT2D eigenvalue weighted by Crippen LogP contribution is 2.32. The van der Waals surface area contributed by atoms with Crippen molar-refractivity contribution in [1.29, 1.82) is 0 Å². The topological polar surface area (TPSA) is 105 Å². The standard InChI is InChI=1S/C27H39NO2S.C2H2O4/c1-7-28-19-23-12-11-16-27(18-23,15-10-8-9-14-25(2,3)4)30-22-26(5,6)29-20-24-13-17-31-21-24;3-1(4)2(5)6/h8,10-13,16-17,21,28H,7,15,18-20,22H2,1-6H3;(H,3,4)(H,5,6). The van der Waals surface area contributed by atoms with Gasteiger partial charge >= 0.3 is 11.9 Å². The molecule has 1 aliphatic rings. The van der Waals surface area contributed by atoms with Crippen molar-refractivity contribution in [3.05, 3.63) is 58.3 Å². The number of carbonyl (C=O) groups is 2. The van der Waals surface area contributed by atoms with Crippen molar-refractivity contribution < 1.29 is 29.3 Å². The first-order valence-electron chi connectivity index (χ1n) is 12.3. The summed E-state index contributed by atoms with van der Waals surface area (Å²) in [7, 11) is 0. The zero-order valence-electron chi connectivity index (χ0n) is 22.8. The molecule has 1 aromatic heterocycles. The molecule has 0 aliphatic heterocycles. The van der Waals surface area contributed by atoms with Gasteiger partial charge in [-0.3, -0.25) is 0 Å². The van der Waals surface area contributed by atoms with E-state index in [0.29, 0.717) is 13.2 Å². The van der Waals surface area contributed by atoms with E-state index in [2.05, 4.69) is 99.8 Å². The Labute approximate surface area is 225 Å². The lowest BCUT2D eigenvalue weighted by Gasteiger charge is -2.37. The van der Waals surface area contributed by atoms with Gasteiger partial charge in [-0.25, -0.2) is 9.59 Å². The molecule has 1 heterocycles. The van der Waals surface area contributed by atoms with Crippen LogP contribution < -0.4 is 5.32 Å². The van der Waals surface area contributed by atoms with Gasteiger partial charge in [0.15, 0.2) is 0 Å². The van der Waals surface area contributed by atoms with Crippen LogP contribution in [-0.2, 0) is 25.7 Å². The van der Waals surface area contributed by atoms with Gasteiger partial charge in [0.2, 0.25) is 0 Å². The lowest BCUT2D eigenvalue weighted by atomic mass is 9.86. The highest BCUT2D eigenvalue weighted by Gasteiger charge is 2.33. The fraction of sp³-hybridized carbons (Fsp3) is 0.517. The van der Waals surface area contributed by atoms with E-state index in [1.807, 2.05) is 6.08 Å². The maximum absolute atomic E-state index is 9.10. The van der Waals surface area contributed by atoms with E-state index in [1.54, 1.807) is 11.3 Å². The Kier molecular flexibility index (Phi) is 13.6. The van der Waals surface area contributed by atoms with E-state index in [1.165, 1.54) is 11.1 Å². The van der Waals surface area contributed by atoms with Crippen LogP contribution in [0.4, 0.5) is 0 Å². The van der Waals surface area contributed by atoms with Gasteiger partial charge in [-0.15, -0.1) is 0 Å². The molecule has 0 radical (unpaired) electrons. The van der Waals surface area contributed by atoms with E-state index >= 15 is 0 Å². The molecule has 204 valence electrons. The first kappa shape index (κ1) is 32.3. The van der Waals surface area contributed by atoms with Crippen molar-refractivity contribution in [3.8, 4) is 11.8 Å². The van der Waals surface area contributed by atoms with Crippen LogP contribution in [0.3, 0.4) is 0 Å². The number of hydrogen-bond donors (Lipinski definition) is 3. The largest absolute Gasteiger partial charge is 0.473 e. The summed E-state index contributed by atoms with van der Waals surface area (Å²) in [6.07, 6.45) is 12.3. The molecule has 37 heavy (non-hydrogen) atoms. The summed E-state index contributed by atoms with van der Waals surface area (Å²) in [6.45, 7) is 15.7. The van der Waals surface area contributed by atoms with Crippen molar-refractivity contribution in [1.82, 2.24) is 5.32 Å². The van der Waals surface area contributed by atoms with Crippen LogP contribution in [0.5, 0.6) is 0 Å².